The van der Waals surface area contributed by atoms with E-state index in [9.17, 15) is 0 Å². The second-order valence-corrected chi connectivity index (χ2v) is 3.91. The number of hydrogen-bond acceptors (Lipinski definition) is 3. The van der Waals surface area contributed by atoms with Gasteiger partial charge in [-0.05, 0) is 38.0 Å². The fourth-order valence-corrected chi connectivity index (χ4v) is 1.70. The van der Waals surface area contributed by atoms with E-state index < -0.39 is 0 Å². The van der Waals surface area contributed by atoms with Crippen LogP contribution >= 0.6 is 0 Å². The molecule has 0 bridgehead atoms. The highest BCUT2D eigenvalue weighted by Gasteiger charge is 2.11. The molecule has 1 heterocycles. The van der Waals surface area contributed by atoms with Gasteiger partial charge in [0.05, 0.1) is 18.0 Å². The molecular weight excluding hydrogens is 202 g/mol. The number of benzene rings is 1. The molecule has 2 aromatic rings. The molecule has 0 atom stereocenters. The molecule has 4 nitrogen and oxygen atoms in total. The lowest BCUT2D eigenvalue weighted by molar-refractivity contribution is 0.276. The first kappa shape index (κ1) is 10.8. The normalized spacial score (nSPS) is 10.8. The van der Waals surface area contributed by atoms with Crippen LogP contribution in [0.25, 0.3) is 5.69 Å². The summed E-state index contributed by atoms with van der Waals surface area (Å²) < 4.78 is 1.77. The number of aliphatic hydroxyl groups is 1. The molecule has 1 N–H and O–H groups in total. The van der Waals surface area contributed by atoms with Crippen LogP contribution in [0, 0.1) is 20.8 Å². The van der Waals surface area contributed by atoms with E-state index in [0.29, 0.717) is 5.69 Å². The summed E-state index contributed by atoms with van der Waals surface area (Å²) in [5.74, 6) is 0. The largest absolute Gasteiger partial charge is 0.390 e. The Morgan fingerprint density at radius 2 is 2.00 bits per heavy atom. The number of aromatic nitrogens is 3. The molecule has 16 heavy (non-hydrogen) atoms. The first-order valence-corrected chi connectivity index (χ1v) is 5.23. The highest BCUT2D eigenvalue weighted by atomic mass is 16.3. The molecule has 2 rings (SSSR count). The van der Waals surface area contributed by atoms with Crippen molar-refractivity contribution in [2.24, 2.45) is 0 Å². The van der Waals surface area contributed by atoms with Crippen molar-refractivity contribution in [3.05, 3.63) is 40.7 Å². The number of aliphatic hydroxyl groups excluding tert-OH is 1. The summed E-state index contributed by atoms with van der Waals surface area (Å²) in [5, 5.41) is 17.1. The number of rotatable bonds is 2. The lowest BCUT2D eigenvalue weighted by Gasteiger charge is -2.09. The second-order valence-electron chi connectivity index (χ2n) is 3.91. The zero-order chi connectivity index (χ0) is 11.7. The Bertz CT molecular complexity index is 517. The summed E-state index contributed by atoms with van der Waals surface area (Å²) in [6.07, 6.45) is 0. The molecule has 1 aromatic carbocycles. The van der Waals surface area contributed by atoms with Crippen molar-refractivity contribution in [2.75, 3.05) is 0 Å². The van der Waals surface area contributed by atoms with Crippen LogP contribution in [0.1, 0.15) is 22.5 Å². The molecule has 0 spiro atoms. The third-order valence-corrected chi connectivity index (χ3v) is 2.94. The van der Waals surface area contributed by atoms with Crippen molar-refractivity contribution in [1.29, 1.82) is 0 Å². The van der Waals surface area contributed by atoms with Crippen LogP contribution in [0.2, 0.25) is 0 Å². The van der Waals surface area contributed by atoms with Crippen LogP contribution in [0.15, 0.2) is 18.2 Å². The van der Waals surface area contributed by atoms with Gasteiger partial charge >= 0.3 is 0 Å². The van der Waals surface area contributed by atoms with Gasteiger partial charge in [0.25, 0.3) is 0 Å². The average molecular weight is 217 g/mol. The monoisotopic (exact) mass is 217 g/mol. The molecule has 0 saturated heterocycles. The first-order chi connectivity index (χ1) is 7.65. The highest BCUT2D eigenvalue weighted by Crippen LogP contribution is 2.18. The summed E-state index contributed by atoms with van der Waals surface area (Å²) in [6.45, 7) is 5.96. The van der Waals surface area contributed by atoms with Gasteiger partial charge in [-0.25, -0.2) is 4.68 Å². The average Bonchev–Trinajstić information content (AvgIpc) is 2.64. The summed E-state index contributed by atoms with van der Waals surface area (Å²) in [5.41, 5.74) is 4.93. The van der Waals surface area contributed by atoms with Crippen LogP contribution in [-0.2, 0) is 6.61 Å². The molecule has 0 saturated carbocycles. The van der Waals surface area contributed by atoms with E-state index in [2.05, 4.69) is 30.2 Å². The van der Waals surface area contributed by atoms with E-state index >= 15 is 0 Å². The Balaban J connectivity index is 2.59. The molecule has 0 unspecified atom stereocenters. The van der Waals surface area contributed by atoms with Gasteiger partial charge in [-0.2, -0.15) is 0 Å². The number of nitrogens with zero attached hydrogens (tertiary/aromatic N) is 3. The molecule has 0 radical (unpaired) electrons. The molecule has 1 aromatic heterocycles. The van der Waals surface area contributed by atoms with Crippen LogP contribution in [0.5, 0.6) is 0 Å². The van der Waals surface area contributed by atoms with E-state index in [4.69, 9.17) is 5.11 Å². The van der Waals surface area contributed by atoms with E-state index in [-0.39, 0.29) is 6.61 Å². The molecular formula is C12H15N3O. The topological polar surface area (TPSA) is 50.9 Å². The molecule has 0 aliphatic carbocycles. The highest BCUT2D eigenvalue weighted by molar-refractivity contribution is 5.45. The van der Waals surface area contributed by atoms with Gasteiger partial charge in [-0.15, -0.1) is 5.10 Å². The van der Waals surface area contributed by atoms with Gasteiger partial charge in [0.15, 0.2) is 0 Å². The standard InChI is InChI=1S/C12H15N3O/c1-8-5-4-6-12(9(8)2)15-10(3)11(7-16)13-14-15/h4-6,16H,7H2,1-3H3. The zero-order valence-corrected chi connectivity index (χ0v) is 9.73. The molecule has 84 valence electrons. The van der Waals surface area contributed by atoms with Crippen LogP contribution in [-0.4, -0.2) is 20.1 Å². The summed E-state index contributed by atoms with van der Waals surface area (Å²) >= 11 is 0. The Morgan fingerprint density at radius 1 is 1.25 bits per heavy atom. The van der Waals surface area contributed by atoms with Gasteiger partial charge < -0.3 is 5.11 Å². The maximum atomic E-state index is 9.09. The van der Waals surface area contributed by atoms with Gasteiger partial charge in [-0.1, -0.05) is 17.3 Å². The van der Waals surface area contributed by atoms with Crippen LogP contribution in [0.4, 0.5) is 0 Å². The van der Waals surface area contributed by atoms with E-state index in [1.807, 2.05) is 19.1 Å². The maximum absolute atomic E-state index is 9.09. The van der Waals surface area contributed by atoms with Crippen molar-refractivity contribution in [3.8, 4) is 5.69 Å². The van der Waals surface area contributed by atoms with Gasteiger partial charge in [-0.3, -0.25) is 0 Å². The Morgan fingerprint density at radius 3 is 2.62 bits per heavy atom. The fraction of sp³-hybridized carbons (Fsp3) is 0.333. The van der Waals surface area contributed by atoms with Crippen molar-refractivity contribution in [1.82, 2.24) is 15.0 Å². The SMILES string of the molecule is Cc1cccc(-n2nnc(CO)c2C)c1C. The maximum Gasteiger partial charge on any atom is 0.111 e. The zero-order valence-electron chi connectivity index (χ0n) is 9.73. The number of hydrogen-bond donors (Lipinski definition) is 1. The van der Waals surface area contributed by atoms with Crippen molar-refractivity contribution in [2.45, 2.75) is 27.4 Å². The minimum atomic E-state index is -0.0727. The van der Waals surface area contributed by atoms with Crippen molar-refractivity contribution in [3.63, 3.8) is 0 Å². The summed E-state index contributed by atoms with van der Waals surface area (Å²) in [6, 6.07) is 6.07. The number of aryl methyl sites for hydroxylation is 1. The Labute approximate surface area is 94.5 Å². The molecule has 4 heteroatoms. The molecule has 0 amide bonds. The summed E-state index contributed by atoms with van der Waals surface area (Å²) in [7, 11) is 0. The predicted molar refractivity (Wildman–Crippen MR) is 61.5 cm³/mol. The van der Waals surface area contributed by atoms with Gasteiger partial charge in [0, 0.05) is 0 Å². The quantitative estimate of drug-likeness (QED) is 0.832. The molecule has 0 aliphatic heterocycles. The smallest absolute Gasteiger partial charge is 0.111 e. The van der Waals surface area contributed by atoms with E-state index in [0.717, 1.165) is 11.4 Å². The van der Waals surface area contributed by atoms with E-state index in [1.165, 1.54) is 11.1 Å². The third kappa shape index (κ3) is 1.61. The van der Waals surface area contributed by atoms with Gasteiger partial charge in [0.1, 0.15) is 5.69 Å². The summed E-state index contributed by atoms with van der Waals surface area (Å²) in [4.78, 5) is 0. The van der Waals surface area contributed by atoms with E-state index in [1.54, 1.807) is 4.68 Å². The lowest BCUT2D eigenvalue weighted by Crippen LogP contribution is -2.03. The minimum Gasteiger partial charge on any atom is -0.390 e. The Hall–Kier alpha value is -1.68. The minimum absolute atomic E-state index is 0.0727. The van der Waals surface area contributed by atoms with Gasteiger partial charge in [0.2, 0.25) is 0 Å². The first-order valence-electron chi connectivity index (χ1n) is 5.23. The van der Waals surface area contributed by atoms with Crippen molar-refractivity contribution >= 4 is 0 Å². The van der Waals surface area contributed by atoms with Crippen LogP contribution in [0.3, 0.4) is 0 Å². The van der Waals surface area contributed by atoms with Crippen LogP contribution < -0.4 is 0 Å². The second kappa shape index (κ2) is 4.06. The van der Waals surface area contributed by atoms with Crippen molar-refractivity contribution < 1.29 is 5.11 Å². The third-order valence-electron chi connectivity index (χ3n) is 2.94. The fourth-order valence-electron chi connectivity index (χ4n) is 1.70. The molecule has 0 fully saturated rings. The predicted octanol–water partition coefficient (Wildman–Crippen LogP) is 1.68. The lowest BCUT2D eigenvalue weighted by atomic mass is 10.1. The molecule has 0 aliphatic rings. The Kier molecular flexibility index (Phi) is 2.75.